The van der Waals surface area contributed by atoms with Crippen molar-refractivity contribution < 1.29 is 19.1 Å². The lowest BCUT2D eigenvalue weighted by Crippen LogP contribution is -2.21. The first-order valence-electron chi connectivity index (χ1n) is 9.27. The summed E-state index contributed by atoms with van der Waals surface area (Å²) in [6, 6.07) is 12.7. The maximum Gasteiger partial charge on any atom is 0.231 e. The summed E-state index contributed by atoms with van der Waals surface area (Å²) in [5.41, 5.74) is 4.44. The van der Waals surface area contributed by atoms with Crippen LogP contribution in [0.15, 0.2) is 42.5 Å². The van der Waals surface area contributed by atoms with Gasteiger partial charge in [-0.05, 0) is 55.5 Å². The number of rotatable bonds is 5. The van der Waals surface area contributed by atoms with E-state index in [4.69, 9.17) is 25.9 Å². The lowest BCUT2D eigenvalue weighted by Gasteiger charge is -2.11. The molecule has 30 heavy (non-hydrogen) atoms. The van der Waals surface area contributed by atoms with Crippen molar-refractivity contribution in [2.45, 2.75) is 13.8 Å². The minimum atomic E-state index is -0.184. The number of benzene rings is 2. The number of ether oxygens (including phenoxy) is 2. The van der Waals surface area contributed by atoms with Gasteiger partial charge in [0.25, 0.3) is 0 Å². The molecule has 4 aromatic rings. The zero-order chi connectivity index (χ0) is 20.8. The van der Waals surface area contributed by atoms with Crippen LogP contribution < -0.4 is 14.3 Å². The van der Waals surface area contributed by atoms with Gasteiger partial charge >= 0.3 is 0 Å². The molecule has 0 atom stereocenters. The van der Waals surface area contributed by atoms with E-state index in [1.54, 1.807) is 18.2 Å². The predicted molar refractivity (Wildman–Crippen MR) is 110 cm³/mol. The molecule has 2 aromatic carbocycles. The number of hydrogen-bond acceptors (Lipinski definition) is 6. The maximum atomic E-state index is 12.9. The molecule has 0 N–H and O–H groups in total. The molecule has 0 unspecified atom stereocenters. The number of nitrogens with zero attached hydrogens (tertiary/aromatic N) is 4. The Morgan fingerprint density at radius 1 is 1.13 bits per heavy atom. The van der Waals surface area contributed by atoms with E-state index >= 15 is 0 Å². The standard InChI is InChI=1S/C21H17ClN4O4/c1-12-7-16(13(2)25(12)15-4-6-20-21(9-15)29-11-28-20)19(27)10-30-26-18-8-14(22)3-5-17(18)23-24-26/h3-9H,10-11H2,1-2H3. The van der Waals surface area contributed by atoms with Gasteiger partial charge in [0.1, 0.15) is 11.0 Å². The third kappa shape index (κ3) is 3.05. The topological polar surface area (TPSA) is 80.4 Å². The van der Waals surface area contributed by atoms with Gasteiger partial charge in [-0.3, -0.25) is 4.79 Å². The van der Waals surface area contributed by atoms with Crippen molar-refractivity contribution in [1.29, 1.82) is 0 Å². The first-order valence-corrected chi connectivity index (χ1v) is 9.65. The molecule has 0 radical (unpaired) electrons. The van der Waals surface area contributed by atoms with Crippen LogP contribution in [0.4, 0.5) is 0 Å². The summed E-state index contributed by atoms with van der Waals surface area (Å²) >= 11 is 6.03. The van der Waals surface area contributed by atoms with Crippen LogP contribution in [0.3, 0.4) is 0 Å². The van der Waals surface area contributed by atoms with Gasteiger partial charge in [-0.1, -0.05) is 16.4 Å². The van der Waals surface area contributed by atoms with Gasteiger partial charge in [0.15, 0.2) is 18.1 Å². The number of fused-ring (bicyclic) bond motifs is 2. The predicted octanol–water partition coefficient (Wildman–Crippen LogP) is 3.53. The Kier molecular flexibility index (Phi) is 4.36. The Balaban J connectivity index is 1.40. The smallest absolute Gasteiger partial charge is 0.231 e. The summed E-state index contributed by atoms with van der Waals surface area (Å²) in [5, 5.41) is 8.47. The SMILES string of the molecule is Cc1cc(C(=O)COn2nnc3ccc(Cl)cc32)c(C)n1-c1ccc2c(c1)OCO2. The average Bonchev–Trinajstić information content (AvgIpc) is 3.43. The first kappa shape index (κ1) is 18.5. The second-order valence-electron chi connectivity index (χ2n) is 6.95. The van der Waals surface area contributed by atoms with Crippen LogP contribution in [-0.2, 0) is 0 Å². The maximum absolute atomic E-state index is 12.9. The zero-order valence-corrected chi connectivity index (χ0v) is 17.0. The van der Waals surface area contributed by atoms with Crippen molar-refractivity contribution >= 4 is 28.4 Å². The highest BCUT2D eigenvalue weighted by Gasteiger charge is 2.20. The van der Waals surface area contributed by atoms with Crippen molar-refractivity contribution in [3.63, 3.8) is 0 Å². The minimum Gasteiger partial charge on any atom is -0.454 e. The highest BCUT2D eigenvalue weighted by atomic mass is 35.5. The quantitative estimate of drug-likeness (QED) is 0.456. The van der Waals surface area contributed by atoms with Crippen LogP contribution in [-0.4, -0.2) is 38.9 Å². The average molecular weight is 425 g/mol. The van der Waals surface area contributed by atoms with Crippen molar-refractivity contribution in [2.24, 2.45) is 0 Å². The third-order valence-electron chi connectivity index (χ3n) is 5.04. The molecular formula is C21H17ClN4O4. The summed E-state index contributed by atoms with van der Waals surface area (Å²) in [4.78, 5) is 19.7. The van der Waals surface area contributed by atoms with E-state index in [0.29, 0.717) is 33.1 Å². The van der Waals surface area contributed by atoms with E-state index in [-0.39, 0.29) is 19.2 Å². The zero-order valence-electron chi connectivity index (χ0n) is 16.3. The summed E-state index contributed by atoms with van der Waals surface area (Å²) in [7, 11) is 0. The van der Waals surface area contributed by atoms with Crippen molar-refractivity contribution in [1.82, 2.24) is 19.7 Å². The minimum absolute atomic E-state index is 0.166. The lowest BCUT2D eigenvalue weighted by molar-refractivity contribution is 0.0630. The fourth-order valence-electron chi connectivity index (χ4n) is 3.63. The highest BCUT2D eigenvalue weighted by molar-refractivity contribution is 6.31. The van der Waals surface area contributed by atoms with Gasteiger partial charge < -0.3 is 18.9 Å². The van der Waals surface area contributed by atoms with Gasteiger partial charge in [-0.15, -0.1) is 5.10 Å². The Labute approximate surface area is 176 Å². The van der Waals surface area contributed by atoms with Crippen LogP contribution in [0.5, 0.6) is 11.5 Å². The van der Waals surface area contributed by atoms with Crippen molar-refractivity contribution in [3.8, 4) is 17.2 Å². The Bertz CT molecular complexity index is 1290. The van der Waals surface area contributed by atoms with E-state index in [2.05, 4.69) is 10.3 Å². The van der Waals surface area contributed by atoms with E-state index in [9.17, 15) is 4.79 Å². The monoisotopic (exact) mass is 424 g/mol. The Hall–Kier alpha value is -3.52. The normalized spacial score (nSPS) is 12.5. The molecule has 0 saturated carbocycles. The molecule has 9 heteroatoms. The number of Topliss-reactive ketones (excluding diaryl/α,β-unsaturated/α-hetero) is 1. The molecule has 1 aliphatic rings. The molecule has 0 aliphatic carbocycles. The van der Waals surface area contributed by atoms with Crippen LogP contribution in [0, 0.1) is 13.8 Å². The van der Waals surface area contributed by atoms with E-state index in [0.717, 1.165) is 17.1 Å². The number of carbonyl (C=O) groups is 1. The fourth-order valence-corrected chi connectivity index (χ4v) is 3.80. The van der Waals surface area contributed by atoms with E-state index in [1.807, 2.05) is 42.7 Å². The molecular weight excluding hydrogens is 408 g/mol. The molecule has 152 valence electrons. The molecule has 0 amide bonds. The molecule has 0 fully saturated rings. The summed E-state index contributed by atoms with van der Waals surface area (Å²) in [6.45, 7) is 3.87. The largest absolute Gasteiger partial charge is 0.454 e. The number of hydrogen-bond donors (Lipinski definition) is 0. The Morgan fingerprint density at radius 3 is 2.83 bits per heavy atom. The summed E-state index contributed by atoms with van der Waals surface area (Å²) < 4.78 is 12.8. The fraction of sp³-hybridized carbons (Fsp3) is 0.190. The number of ketones is 1. The Morgan fingerprint density at radius 2 is 1.97 bits per heavy atom. The molecule has 0 saturated heterocycles. The highest BCUT2D eigenvalue weighted by Crippen LogP contribution is 2.35. The molecule has 1 aliphatic heterocycles. The number of halogens is 1. The molecule has 0 spiro atoms. The molecule has 2 aromatic heterocycles. The second-order valence-corrected chi connectivity index (χ2v) is 7.39. The van der Waals surface area contributed by atoms with Gasteiger partial charge in [0.2, 0.25) is 12.6 Å². The van der Waals surface area contributed by atoms with E-state index in [1.165, 1.54) is 4.85 Å². The van der Waals surface area contributed by atoms with Gasteiger partial charge in [-0.25, -0.2) is 0 Å². The lowest BCUT2D eigenvalue weighted by atomic mass is 10.1. The number of aromatic nitrogens is 4. The molecule has 0 bridgehead atoms. The molecule has 5 rings (SSSR count). The van der Waals surface area contributed by atoms with Gasteiger partial charge in [-0.2, -0.15) is 0 Å². The van der Waals surface area contributed by atoms with Gasteiger partial charge in [0.05, 0.1) is 0 Å². The number of aryl methyl sites for hydroxylation is 1. The number of carbonyl (C=O) groups excluding carboxylic acids is 1. The van der Waals surface area contributed by atoms with Gasteiger partial charge in [0, 0.05) is 33.7 Å². The van der Waals surface area contributed by atoms with E-state index < -0.39 is 0 Å². The second kappa shape index (κ2) is 7.07. The first-order chi connectivity index (χ1) is 14.5. The van der Waals surface area contributed by atoms with Crippen LogP contribution in [0.1, 0.15) is 21.7 Å². The summed E-state index contributed by atoms with van der Waals surface area (Å²) in [5.74, 6) is 1.24. The molecule has 8 nitrogen and oxygen atoms in total. The van der Waals surface area contributed by atoms with Crippen LogP contribution in [0.2, 0.25) is 5.02 Å². The summed E-state index contributed by atoms with van der Waals surface area (Å²) in [6.07, 6.45) is 0. The van der Waals surface area contributed by atoms with Crippen LogP contribution >= 0.6 is 11.6 Å². The van der Waals surface area contributed by atoms with Crippen molar-refractivity contribution in [2.75, 3.05) is 13.4 Å². The van der Waals surface area contributed by atoms with Crippen molar-refractivity contribution in [3.05, 3.63) is 64.4 Å². The molecule has 3 heterocycles. The van der Waals surface area contributed by atoms with Crippen LogP contribution in [0.25, 0.3) is 16.7 Å². The third-order valence-corrected chi connectivity index (χ3v) is 5.28.